The predicted octanol–water partition coefficient (Wildman–Crippen LogP) is 2.53. The third kappa shape index (κ3) is 1.71. The summed E-state index contributed by atoms with van der Waals surface area (Å²) >= 11 is 7.03. The molecule has 0 N–H and O–H groups in total. The Balaban J connectivity index is 1.95. The molecule has 2 rings (SSSR count). The van der Waals surface area contributed by atoms with Crippen LogP contribution in [0.3, 0.4) is 0 Å². The van der Waals surface area contributed by atoms with Crippen LogP contribution in [0, 0.1) is 5.92 Å². The summed E-state index contributed by atoms with van der Waals surface area (Å²) in [5.41, 5.74) is 0. The van der Waals surface area contributed by atoms with Crippen LogP contribution in [0.2, 0.25) is 5.28 Å². The molecule has 0 spiro atoms. The number of hydrogen-bond donors (Lipinski definition) is 0. The Kier molecular flexibility index (Phi) is 2.09. The molecule has 1 fully saturated rings. The fourth-order valence-corrected chi connectivity index (χ4v) is 2.18. The number of rotatable bonds is 2. The maximum absolute atomic E-state index is 5.59. The molecule has 0 aromatic carbocycles. The minimum Gasteiger partial charge on any atom is -0.210 e. The van der Waals surface area contributed by atoms with Gasteiger partial charge in [-0.15, -0.1) is 0 Å². The molecule has 0 aliphatic heterocycles. The summed E-state index contributed by atoms with van der Waals surface area (Å²) in [5.74, 6) is 0.860. The van der Waals surface area contributed by atoms with E-state index in [1.807, 2.05) is 0 Å². The Labute approximate surface area is 74.8 Å². The molecule has 0 radical (unpaired) electrons. The quantitative estimate of drug-likeness (QED) is 0.713. The van der Waals surface area contributed by atoms with E-state index in [0.717, 1.165) is 17.3 Å². The lowest BCUT2D eigenvalue weighted by atomic mass is 9.83. The van der Waals surface area contributed by atoms with Crippen LogP contribution in [0.5, 0.6) is 0 Å². The van der Waals surface area contributed by atoms with Gasteiger partial charge in [0.25, 0.3) is 0 Å². The van der Waals surface area contributed by atoms with Gasteiger partial charge in [0, 0.05) is 6.42 Å². The molecule has 1 aliphatic carbocycles. The molecule has 1 heterocycles. The van der Waals surface area contributed by atoms with E-state index in [1.165, 1.54) is 30.8 Å². The van der Waals surface area contributed by atoms with Gasteiger partial charge in [-0.2, -0.15) is 4.37 Å². The summed E-state index contributed by atoms with van der Waals surface area (Å²) in [5, 5.41) is 1.50. The van der Waals surface area contributed by atoms with Crippen molar-refractivity contribution in [2.45, 2.75) is 25.7 Å². The summed E-state index contributed by atoms with van der Waals surface area (Å²) in [6.45, 7) is 0. The van der Waals surface area contributed by atoms with Gasteiger partial charge in [0.15, 0.2) is 0 Å². The van der Waals surface area contributed by atoms with E-state index in [1.54, 1.807) is 0 Å². The summed E-state index contributed by atoms with van der Waals surface area (Å²) in [6, 6.07) is 0. The predicted molar refractivity (Wildman–Crippen MR) is 46.0 cm³/mol. The number of halogens is 1. The van der Waals surface area contributed by atoms with Crippen LogP contribution in [0.15, 0.2) is 0 Å². The Bertz CT molecular complexity index is 244. The van der Waals surface area contributed by atoms with Gasteiger partial charge in [-0.05, 0) is 29.1 Å². The smallest absolute Gasteiger partial charge is 0.210 e. The Morgan fingerprint density at radius 3 is 2.82 bits per heavy atom. The van der Waals surface area contributed by atoms with E-state index in [2.05, 4.69) is 9.36 Å². The third-order valence-electron chi connectivity index (χ3n) is 2.13. The molecule has 2 nitrogen and oxygen atoms in total. The summed E-state index contributed by atoms with van der Waals surface area (Å²) in [6.07, 6.45) is 5.19. The fourth-order valence-electron chi connectivity index (χ4n) is 1.26. The van der Waals surface area contributed by atoms with Crippen molar-refractivity contribution in [2.75, 3.05) is 0 Å². The molecular weight excluding hydrogens is 180 g/mol. The van der Waals surface area contributed by atoms with Crippen LogP contribution >= 0.6 is 23.1 Å². The molecule has 1 aromatic rings. The molecule has 4 heteroatoms. The van der Waals surface area contributed by atoms with Gasteiger partial charge in [-0.25, -0.2) is 4.98 Å². The lowest BCUT2D eigenvalue weighted by molar-refractivity contribution is 0.314. The molecule has 1 aliphatic rings. The van der Waals surface area contributed by atoms with Crippen molar-refractivity contribution in [1.82, 2.24) is 9.36 Å². The highest BCUT2D eigenvalue weighted by molar-refractivity contribution is 7.05. The van der Waals surface area contributed by atoms with Crippen LogP contribution in [0.4, 0.5) is 0 Å². The molecule has 0 unspecified atom stereocenters. The molecule has 1 aromatic heterocycles. The van der Waals surface area contributed by atoms with E-state index in [-0.39, 0.29) is 0 Å². The first-order valence-electron chi connectivity index (χ1n) is 3.82. The van der Waals surface area contributed by atoms with Crippen LogP contribution in [-0.4, -0.2) is 9.36 Å². The van der Waals surface area contributed by atoms with Gasteiger partial charge in [0.05, 0.1) is 0 Å². The molecule has 60 valence electrons. The van der Waals surface area contributed by atoms with E-state index in [4.69, 9.17) is 11.6 Å². The molecule has 1 saturated carbocycles. The second-order valence-corrected chi connectivity index (χ2v) is 4.13. The van der Waals surface area contributed by atoms with Crippen molar-refractivity contribution in [3.8, 4) is 0 Å². The van der Waals surface area contributed by atoms with Gasteiger partial charge >= 0.3 is 0 Å². The first-order chi connectivity index (χ1) is 5.34. The average molecular weight is 189 g/mol. The summed E-state index contributed by atoms with van der Waals surface area (Å²) in [4.78, 5) is 4.11. The summed E-state index contributed by atoms with van der Waals surface area (Å²) in [7, 11) is 0. The van der Waals surface area contributed by atoms with E-state index < -0.39 is 0 Å². The van der Waals surface area contributed by atoms with E-state index in [0.29, 0.717) is 5.28 Å². The summed E-state index contributed by atoms with van der Waals surface area (Å²) < 4.78 is 3.92. The first kappa shape index (κ1) is 7.50. The van der Waals surface area contributed by atoms with Crippen LogP contribution < -0.4 is 0 Å². The number of hydrogen-bond acceptors (Lipinski definition) is 3. The van der Waals surface area contributed by atoms with E-state index >= 15 is 0 Å². The minimum absolute atomic E-state index is 0.407. The van der Waals surface area contributed by atoms with E-state index in [9.17, 15) is 0 Å². The molecule has 0 saturated heterocycles. The fraction of sp³-hybridized carbons (Fsp3) is 0.714. The molecule has 0 bridgehead atoms. The molecule has 0 atom stereocenters. The maximum atomic E-state index is 5.59. The van der Waals surface area contributed by atoms with Crippen molar-refractivity contribution in [3.05, 3.63) is 10.3 Å². The standard InChI is InChI=1S/C7H9ClN2S/c8-7-9-6(11-10-7)4-5-2-1-3-5/h5H,1-4H2. The largest absolute Gasteiger partial charge is 0.234 e. The highest BCUT2D eigenvalue weighted by Crippen LogP contribution is 2.30. The topological polar surface area (TPSA) is 25.8 Å². The Morgan fingerprint density at radius 1 is 1.55 bits per heavy atom. The monoisotopic (exact) mass is 188 g/mol. The van der Waals surface area contributed by atoms with Gasteiger partial charge in [-0.1, -0.05) is 19.3 Å². The number of nitrogens with zero attached hydrogens (tertiary/aromatic N) is 2. The SMILES string of the molecule is Clc1nsc(CC2CCC2)n1. The van der Waals surface area contributed by atoms with Crippen LogP contribution in [-0.2, 0) is 6.42 Å². The van der Waals surface area contributed by atoms with Crippen molar-refractivity contribution in [3.63, 3.8) is 0 Å². The van der Waals surface area contributed by atoms with Crippen molar-refractivity contribution in [2.24, 2.45) is 5.92 Å². The number of aromatic nitrogens is 2. The Morgan fingerprint density at radius 2 is 2.36 bits per heavy atom. The molecule has 11 heavy (non-hydrogen) atoms. The zero-order chi connectivity index (χ0) is 7.68. The van der Waals surface area contributed by atoms with Gasteiger partial charge in [-0.3, -0.25) is 0 Å². The zero-order valence-electron chi connectivity index (χ0n) is 6.09. The average Bonchev–Trinajstić information content (AvgIpc) is 2.27. The first-order valence-corrected chi connectivity index (χ1v) is 4.98. The van der Waals surface area contributed by atoms with Gasteiger partial charge < -0.3 is 0 Å². The van der Waals surface area contributed by atoms with Crippen molar-refractivity contribution >= 4 is 23.1 Å². The van der Waals surface area contributed by atoms with Gasteiger partial charge in [0.2, 0.25) is 5.28 Å². The van der Waals surface area contributed by atoms with Crippen molar-refractivity contribution < 1.29 is 0 Å². The van der Waals surface area contributed by atoms with Crippen LogP contribution in [0.25, 0.3) is 0 Å². The molecular formula is C7H9ClN2S. The Hall–Kier alpha value is -0.150. The molecule has 0 amide bonds. The zero-order valence-corrected chi connectivity index (χ0v) is 7.66. The maximum Gasteiger partial charge on any atom is 0.234 e. The highest BCUT2D eigenvalue weighted by atomic mass is 35.5. The normalized spacial score (nSPS) is 18.3. The second-order valence-electron chi connectivity index (χ2n) is 2.96. The van der Waals surface area contributed by atoms with Crippen molar-refractivity contribution in [1.29, 1.82) is 0 Å². The lowest BCUT2D eigenvalue weighted by Gasteiger charge is -2.23. The second kappa shape index (κ2) is 3.07. The highest BCUT2D eigenvalue weighted by Gasteiger charge is 2.19. The van der Waals surface area contributed by atoms with Gasteiger partial charge in [0.1, 0.15) is 5.01 Å². The van der Waals surface area contributed by atoms with Crippen LogP contribution in [0.1, 0.15) is 24.3 Å². The third-order valence-corrected chi connectivity index (χ3v) is 3.13. The minimum atomic E-state index is 0.407. The lowest BCUT2D eigenvalue weighted by Crippen LogP contribution is -2.13.